The van der Waals surface area contributed by atoms with Crippen molar-refractivity contribution in [1.29, 1.82) is 0 Å². The molecule has 1 saturated carbocycles. The zero-order chi connectivity index (χ0) is 8.67. The summed E-state index contributed by atoms with van der Waals surface area (Å²) in [6, 6.07) is 0.694. The topological polar surface area (TPSA) is 30.7 Å². The highest BCUT2D eigenvalue weighted by atomic mass is 32.1. The minimum atomic E-state index is 0.694. The molecule has 3 rings (SSSR count). The highest BCUT2D eigenvalue weighted by molar-refractivity contribution is 7.13. The molecule has 2 aromatic heterocycles. The summed E-state index contributed by atoms with van der Waals surface area (Å²) in [5.74, 6) is 1.07. The van der Waals surface area contributed by atoms with Gasteiger partial charge in [0.1, 0.15) is 0 Å². The zero-order valence-corrected chi connectivity index (χ0v) is 7.87. The van der Waals surface area contributed by atoms with Gasteiger partial charge in [-0.15, -0.1) is 11.3 Å². The SMILES string of the molecule is c1cn(C2CC2)c(-c2cncs2)n1. The fourth-order valence-corrected chi connectivity index (χ4v) is 2.10. The van der Waals surface area contributed by atoms with Crippen molar-refractivity contribution in [2.45, 2.75) is 18.9 Å². The predicted octanol–water partition coefficient (Wildman–Crippen LogP) is 2.34. The lowest BCUT2D eigenvalue weighted by Crippen LogP contribution is -1.93. The van der Waals surface area contributed by atoms with Crippen LogP contribution in [0.4, 0.5) is 0 Å². The van der Waals surface area contributed by atoms with Crippen molar-refractivity contribution in [3.8, 4) is 10.7 Å². The van der Waals surface area contributed by atoms with E-state index in [1.165, 1.54) is 12.8 Å². The highest BCUT2D eigenvalue weighted by Crippen LogP contribution is 2.38. The van der Waals surface area contributed by atoms with E-state index < -0.39 is 0 Å². The Morgan fingerprint density at radius 2 is 2.38 bits per heavy atom. The summed E-state index contributed by atoms with van der Waals surface area (Å²) >= 11 is 1.65. The second kappa shape index (κ2) is 2.67. The van der Waals surface area contributed by atoms with E-state index in [0.717, 1.165) is 10.7 Å². The van der Waals surface area contributed by atoms with Crippen LogP contribution >= 0.6 is 11.3 Å². The first-order chi connectivity index (χ1) is 6.45. The number of hydrogen-bond donors (Lipinski definition) is 0. The number of nitrogens with zero attached hydrogens (tertiary/aromatic N) is 3. The van der Waals surface area contributed by atoms with Gasteiger partial charge in [-0.25, -0.2) is 4.98 Å². The molecule has 0 atom stereocenters. The Labute approximate surface area is 80.1 Å². The molecule has 66 valence electrons. The summed E-state index contributed by atoms with van der Waals surface area (Å²) in [6.45, 7) is 0. The summed E-state index contributed by atoms with van der Waals surface area (Å²) in [4.78, 5) is 9.58. The smallest absolute Gasteiger partial charge is 0.151 e. The minimum absolute atomic E-state index is 0.694. The van der Waals surface area contributed by atoms with E-state index in [1.54, 1.807) is 11.3 Å². The Morgan fingerprint density at radius 1 is 1.46 bits per heavy atom. The van der Waals surface area contributed by atoms with E-state index in [4.69, 9.17) is 0 Å². The van der Waals surface area contributed by atoms with Gasteiger partial charge in [-0.1, -0.05) is 0 Å². The maximum absolute atomic E-state index is 4.35. The van der Waals surface area contributed by atoms with Gasteiger partial charge in [0.2, 0.25) is 0 Å². The van der Waals surface area contributed by atoms with E-state index >= 15 is 0 Å². The molecule has 0 aromatic carbocycles. The Morgan fingerprint density at radius 3 is 3.08 bits per heavy atom. The van der Waals surface area contributed by atoms with Crippen LogP contribution in [-0.4, -0.2) is 14.5 Å². The lowest BCUT2D eigenvalue weighted by atomic mass is 10.5. The summed E-state index contributed by atoms with van der Waals surface area (Å²) in [7, 11) is 0. The van der Waals surface area contributed by atoms with Gasteiger partial charge in [-0.05, 0) is 12.8 Å². The summed E-state index contributed by atoms with van der Waals surface area (Å²) in [6.07, 6.45) is 8.40. The molecule has 0 amide bonds. The quantitative estimate of drug-likeness (QED) is 0.729. The van der Waals surface area contributed by atoms with Gasteiger partial charge in [0.25, 0.3) is 0 Å². The van der Waals surface area contributed by atoms with Crippen molar-refractivity contribution in [2.75, 3.05) is 0 Å². The maximum Gasteiger partial charge on any atom is 0.151 e. The maximum atomic E-state index is 4.35. The van der Waals surface area contributed by atoms with E-state index in [1.807, 2.05) is 17.9 Å². The van der Waals surface area contributed by atoms with Crippen molar-refractivity contribution < 1.29 is 0 Å². The van der Waals surface area contributed by atoms with Gasteiger partial charge in [0, 0.05) is 24.6 Å². The zero-order valence-electron chi connectivity index (χ0n) is 7.05. The van der Waals surface area contributed by atoms with Gasteiger partial charge in [0.05, 0.1) is 10.4 Å². The number of aromatic nitrogens is 3. The lowest BCUT2D eigenvalue weighted by molar-refractivity contribution is 0.751. The first-order valence-electron chi connectivity index (χ1n) is 4.37. The molecule has 0 unspecified atom stereocenters. The molecule has 0 saturated heterocycles. The average Bonchev–Trinajstić information content (AvgIpc) is 2.72. The van der Waals surface area contributed by atoms with E-state index in [0.29, 0.717) is 6.04 Å². The first kappa shape index (κ1) is 7.26. The number of thiazole rings is 1. The molecule has 2 heterocycles. The number of imidazole rings is 1. The highest BCUT2D eigenvalue weighted by Gasteiger charge is 2.25. The molecule has 1 fully saturated rings. The second-order valence-corrected chi connectivity index (χ2v) is 4.14. The molecule has 0 bridgehead atoms. The molecule has 0 aliphatic heterocycles. The van der Waals surface area contributed by atoms with E-state index in [9.17, 15) is 0 Å². The molecule has 3 nitrogen and oxygen atoms in total. The van der Waals surface area contributed by atoms with Crippen molar-refractivity contribution in [3.63, 3.8) is 0 Å². The van der Waals surface area contributed by atoms with Crippen LogP contribution in [0.3, 0.4) is 0 Å². The third-order valence-electron chi connectivity index (χ3n) is 2.26. The van der Waals surface area contributed by atoms with Gasteiger partial charge in [0.15, 0.2) is 5.82 Å². The Kier molecular flexibility index (Phi) is 1.49. The summed E-state index contributed by atoms with van der Waals surface area (Å²) in [5, 5.41) is 0. The van der Waals surface area contributed by atoms with Crippen LogP contribution in [0, 0.1) is 0 Å². The summed E-state index contributed by atoms with van der Waals surface area (Å²) < 4.78 is 2.26. The van der Waals surface area contributed by atoms with Crippen molar-refractivity contribution in [1.82, 2.24) is 14.5 Å². The van der Waals surface area contributed by atoms with E-state index in [-0.39, 0.29) is 0 Å². The minimum Gasteiger partial charge on any atom is -0.327 e. The van der Waals surface area contributed by atoms with Gasteiger partial charge >= 0.3 is 0 Å². The normalized spacial score (nSPS) is 16.3. The van der Waals surface area contributed by atoms with Crippen LogP contribution in [0.1, 0.15) is 18.9 Å². The van der Waals surface area contributed by atoms with Crippen LogP contribution in [0.25, 0.3) is 10.7 Å². The molecular weight excluding hydrogens is 182 g/mol. The van der Waals surface area contributed by atoms with Crippen molar-refractivity contribution >= 4 is 11.3 Å². The monoisotopic (exact) mass is 191 g/mol. The lowest BCUT2D eigenvalue weighted by Gasteiger charge is -2.02. The molecule has 13 heavy (non-hydrogen) atoms. The van der Waals surface area contributed by atoms with Crippen molar-refractivity contribution in [2.24, 2.45) is 0 Å². The third kappa shape index (κ3) is 1.18. The molecular formula is C9H9N3S. The van der Waals surface area contributed by atoms with Gasteiger partial charge < -0.3 is 4.57 Å². The molecule has 4 heteroatoms. The number of rotatable bonds is 2. The Hall–Kier alpha value is -1.16. The fraction of sp³-hybridized carbons (Fsp3) is 0.333. The predicted molar refractivity (Wildman–Crippen MR) is 51.6 cm³/mol. The average molecular weight is 191 g/mol. The molecule has 0 spiro atoms. The van der Waals surface area contributed by atoms with E-state index in [2.05, 4.69) is 20.7 Å². The standard InChI is InChI=1S/C9H9N3S/c1-2-7(1)12-4-3-11-9(12)8-5-10-6-13-8/h3-7H,1-2H2. The van der Waals surface area contributed by atoms with Crippen molar-refractivity contribution in [3.05, 3.63) is 24.1 Å². The molecule has 2 aromatic rings. The Bertz CT molecular complexity index is 400. The number of hydrogen-bond acceptors (Lipinski definition) is 3. The van der Waals surface area contributed by atoms with Crippen LogP contribution in [0.2, 0.25) is 0 Å². The molecule has 1 aliphatic carbocycles. The van der Waals surface area contributed by atoms with Crippen LogP contribution in [0.15, 0.2) is 24.1 Å². The second-order valence-electron chi connectivity index (χ2n) is 3.25. The summed E-state index contributed by atoms with van der Waals surface area (Å²) in [5.41, 5.74) is 1.85. The van der Waals surface area contributed by atoms with Gasteiger partial charge in [-0.3, -0.25) is 4.98 Å². The molecule has 0 N–H and O–H groups in total. The third-order valence-corrected chi connectivity index (χ3v) is 3.03. The molecule has 0 radical (unpaired) electrons. The van der Waals surface area contributed by atoms with Crippen LogP contribution < -0.4 is 0 Å². The largest absolute Gasteiger partial charge is 0.327 e. The van der Waals surface area contributed by atoms with Crippen LogP contribution in [0.5, 0.6) is 0 Å². The Balaban J connectivity index is 2.08. The van der Waals surface area contributed by atoms with Crippen LogP contribution in [-0.2, 0) is 0 Å². The van der Waals surface area contributed by atoms with Gasteiger partial charge in [-0.2, -0.15) is 0 Å². The first-order valence-corrected chi connectivity index (χ1v) is 5.25. The fourth-order valence-electron chi connectivity index (χ4n) is 1.48. The molecule has 1 aliphatic rings.